The Kier molecular flexibility index (Phi) is 4.63. The summed E-state index contributed by atoms with van der Waals surface area (Å²) in [6.45, 7) is 4.44. The summed E-state index contributed by atoms with van der Waals surface area (Å²) < 4.78 is 2.30. The van der Waals surface area contributed by atoms with E-state index >= 15 is 0 Å². The number of ketones is 1. The summed E-state index contributed by atoms with van der Waals surface area (Å²) in [6, 6.07) is 9.36. The first kappa shape index (κ1) is 16.0. The average Bonchev–Trinajstić information content (AvgIpc) is 3.02. The lowest BCUT2D eigenvalue weighted by molar-refractivity contribution is 0.102. The molecule has 0 unspecified atom stereocenters. The molecular formula is C17H16N2O2S2. The molecule has 0 amide bonds. The number of aromatic nitrogens is 2. The van der Waals surface area contributed by atoms with Crippen LogP contribution in [-0.4, -0.2) is 21.1 Å². The zero-order chi connectivity index (χ0) is 16.4. The molecule has 0 atom stereocenters. The summed E-state index contributed by atoms with van der Waals surface area (Å²) in [5.74, 6) is 0.308. The van der Waals surface area contributed by atoms with E-state index in [0.29, 0.717) is 27.5 Å². The van der Waals surface area contributed by atoms with Crippen molar-refractivity contribution in [3.8, 4) is 0 Å². The van der Waals surface area contributed by atoms with Gasteiger partial charge in [0.05, 0.1) is 11.3 Å². The van der Waals surface area contributed by atoms with Crippen LogP contribution in [0.15, 0.2) is 45.7 Å². The van der Waals surface area contributed by atoms with E-state index in [1.54, 1.807) is 4.57 Å². The number of hydrogen-bond donors (Lipinski definition) is 0. The smallest absolute Gasteiger partial charge is 0.272 e. The van der Waals surface area contributed by atoms with Gasteiger partial charge >= 0.3 is 0 Å². The number of carbonyl (C=O) groups excluding carboxylic acids is 1. The molecule has 0 saturated heterocycles. The number of fused-ring (bicyclic) bond motifs is 1. The van der Waals surface area contributed by atoms with Crippen LogP contribution < -0.4 is 5.56 Å². The molecule has 3 aromatic rings. The Morgan fingerprint density at radius 2 is 2.00 bits per heavy atom. The van der Waals surface area contributed by atoms with Gasteiger partial charge in [0.1, 0.15) is 4.70 Å². The van der Waals surface area contributed by atoms with Crippen LogP contribution >= 0.6 is 23.1 Å². The van der Waals surface area contributed by atoms with Crippen LogP contribution in [-0.2, 0) is 6.54 Å². The number of aryl methyl sites for hydroxylation is 1. The molecule has 2 heterocycles. The Hall–Kier alpha value is -1.92. The summed E-state index contributed by atoms with van der Waals surface area (Å²) in [7, 11) is 0. The van der Waals surface area contributed by atoms with Crippen molar-refractivity contribution in [2.75, 3.05) is 5.75 Å². The van der Waals surface area contributed by atoms with Crippen LogP contribution in [0.25, 0.3) is 10.2 Å². The maximum absolute atomic E-state index is 12.4. The number of carbonyl (C=O) groups is 1. The number of rotatable bonds is 5. The van der Waals surface area contributed by atoms with E-state index in [4.69, 9.17) is 0 Å². The van der Waals surface area contributed by atoms with Gasteiger partial charge in [0.25, 0.3) is 5.56 Å². The fraction of sp³-hybridized carbons (Fsp3) is 0.235. The number of nitrogens with zero attached hydrogens (tertiary/aromatic N) is 2. The fourth-order valence-electron chi connectivity index (χ4n) is 2.27. The van der Waals surface area contributed by atoms with E-state index in [-0.39, 0.29) is 17.1 Å². The number of thioether (sulfide) groups is 1. The molecule has 0 spiro atoms. The van der Waals surface area contributed by atoms with Gasteiger partial charge in [-0.05, 0) is 25.3 Å². The first-order valence-electron chi connectivity index (χ1n) is 7.31. The molecule has 0 saturated carbocycles. The maximum Gasteiger partial charge on any atom is 0.272 e. The molecule has 0 aliphatic rings. The Morgan fingerprint density at radius 3 is 2.70 bits per heavy atom. The van der Waals surface area contributed by atoms with Crippen molar-refractivity contribution in [2.45, 2.75) is 25.5 Å². The highest BCUT2D eigenvalue weighted by molar-refractivity contribution is 7.99. The van der Waals surface area contributed by atoms with Gasteiger partial charge in [-0.1, -0.05) is 41.6 Å². The van der Waals surface area contributed by atoms with Crippen molar-refractivity contribution in [3.05, 3.63) is 57.2 Å². The Bertz CT molecular complexity index is 910. The number of benzene rings is 1. The molecule has 0 aliphatic carbocycles. The van der Waals surface area contributed by atoms with Crippen molar-refractivity contribution in [2.24, 2.45) is 0 Å². The van der Waals surface area contributed by atoms with E-state index in [0.717, 1.165) is 5.56 Å². The summed E-state index contributed by atoms with van der Waals surface area (Å²) in [6.07, 6.45) is 0. The molecule has 3 rings (SSSR count). The predicted molar refractivity (Wildman–Crippen MR) is 95.8 cm³/mol. The number of Topliss-reactive ketones (excluding diaryl/α,β-unsaturated/α-hetero) is 1. The second-order valence-electron chi connectivity index (χ2n) is 5.16. The first-order chi connectivity index (χ1) is 11.1. The van der Waals surface area contributed by atoms with Gasteiger partial charge in [-0.25, -0.2) is 4.98 Å². The van der Waals surface area contributed by atoms with Gasteiger partial charge in [0, 0.05) is 12.1 Å². The molecule has 2 aromatic heterocycles. The molecular weight excluding hydrogens is 328 g/mol. The Balaban J connectivity index is 1.85. The van der Waals surface area contributed by atoms with Crippen molar-refractivity contribution in [3.63, 3.8) is 0 Å². The molecule has 0 radical (unpaired) electrons. The van der Waals surface area contributed by atoms with Gasteiger partial charge in [0.2, 0.25) is 0 Å². The molecule has 1 aromatic carbocycles. The average molecular weight is 344 g/mol. The predicted octanol–water partition coefficient (Wildman–Crippen LogP) is 3.76. The number of thiophene rings is 1. The maximum atomic E-state index is 12.4. The van der Waals surface area contributed by atoms with Crippen LogP contribution in [0.1, 0.15) is 22.8 Å². The zero-order valence-corrected chi connectivity index (χ0v) is 14.5. The molecule has 0 aliphatic heterocycles. The van der Waals surface area contributed by atoms with Gasteiger partial charge < -0.3 is 0 Å². The van der Waals surface area contributed by atoms with Crippen molar-refractivity contribution >= 4 is 39.1 Å². The standard InChI is InChI=1S/C17H16N2O2S2/c1-3-19-16(21)15-13(8-9-22-15)18-17(19)23-10-14(20)12-6-4-11(2)5-7-12/h4-9H,3,10H2,1-2H3. The van der Waals surface area contributed by atoms with E-state index in [1.807, 2.05) is 49.6 Å². The van der Waals surface area contributed by atoms with E-state index in [9.17, 15) is 9.59 Å². The molecule has 0 N–H and O–H groups in total. The highest BCUT2D eigenvalue weighted by atomic mass is 32.2. The number of hydrogen-bond acceptors (Lipinski definition) is 5. The lowest BCUT2D eigenvalue weighted by atomic mass is 10.1. The Labute approximate surface area is 142 Å². The topological polar surface area (TPSA) is 52.0 Å². The molecule has 4 nitrogen and oxygen atoms in total. The van der Waals surface area contributed by atoms with Crippen LogP contribution in [0.5, 0.6) is 0 Å². The van der Waals surface area contributed by atoms with Gasteiger partial charge in [-0.3, -0.25) is 14.2 Å². The third-order valence-corrected chi connectivity index (χ3v) is 5.42. The lowest BCUT2D eigenvalue weighted by Crippen LogP contribution is -2.22. The lowest BCUT2D eigenvalue weighted by Gasteiger charge is -2.09. The van der Waals surface area contributed by atoms with E-state index < -0.39 is 0 Å². The first-order valence-corrected chi connectivity index (χ1v) is 9.17. The quantitative estimate of drug-likeness (QED) is 0.402. The normalized spacial score (nSPS) is 11.0. The third-order valence-electron chi connectivity index (χ3n) is 3.55. The highest BCUT2D eigenvalue weighted by Gasteiger charge is 2.13. The molecule has 23 heavy (non-hydrogen) atoms. The monoisotopic (exact) mass is 344 g/mol. The van der Waals surface area contributed by atoms with E-state index in [2.05, 4.69) is 4.98 Å². The summed E-state index contributed by atoms with van der Waals surface area (Å²) in [5.41, 5.74) is 2.48. The van der Waals surface area contributed by atoms with Crippen LogP contribution in [0.2, 0.25) is 0 Å². The molecule has 0 fully saturated rings. The minimum absolute atomic E-state index is 0.0298. The van der Waals surface area contributed by atoms with Crippen molar-refractivity contribution < 1.29 is 4.79 Å². The molecule has 0 bridgehead atoms. The SMILES string of the molecule is CCn1c(SCC(=O)c2ccc(C)cc2)nc2ccsc2c1=O. The fourth-order valence-corrected chi connectivity index (χ4v) is 4.00. The Morgan fingerprint density at radius 1 is 1.26 bits per heavy atom. The van der Waals surface area contributed by atoms with Crippen molar-refractivity contribution in [1.29, 1.82) is 0 Å². The van der Waals surface area contributed by atoms with Gasteiger partial charge in [-0.2, -0.15) is 0 Å². The largest absolute Gasteiger partial charge is 0.293 e. The second-order valence-corrected chi connectivity index (χ2v) is 7.02. The van der Waals surface area contributed by atoms with Gasteiger partial charge in [0.15, 0.2) is 10.9 Å². The summed E-state index contributed by atoms with van der Waals surface area (Å²) >= 11 is 2.72. The van der Waals surface area contributed by atoms with Crippen LogP contribution in [0, 0.1) is 6.92 Å². The molecule has 6 heteroatoms. The van der Waals surface area contributed by atoms with Gasteiger partial charge in [-0.15, -0.1) is 11.3 Å². The zero-order valence-electron chi connectivity index (χ0n) is 12.9. The minimum atomic E-state index is -0.0298. The van der Waals surface area contributed by atoms with E-state index in [1.165, 1.54) is 23.1 Å². The summed E-state index contributed by atoms with van der Waals surface area (Å²) in [4.78, 5) is 29.3. The minimum Gasteiger partial charge on any atom is -0.293 e. The molecule has 118 valence electrons. The van der Waals surface area contributed by atoms with Crippen LogP contribution in [0.4, 0.5) is 0 Å². The summed E-state index contributed by atoms with van der Waals surface area (Å²) in [5, 5.41) is 2.47. The van der Waals surface area contributed by atoms with Crippen LogP contribution in [0.3, 0.4) is 0 Å². The second kappa shape index (κ2) is 6.68. The highest BCUT2D eigenvalue weighted by Crippen LogP contribution is 2.21. The third kappa shape index (κ3) is 3.23. The van der Waals surface area contributed by atoms with Crippen molar-refractivity contribution in [1.82, 2.24) is 9.55 Å².